The predicted octanol–water partition coefficient (Wildman–Crippen LogP) is 3.29. The van der Waals surface area contributed by atoms with Crippen LogP contribution in [-0.4, -0.2) is 25.1 Å². The number of amides is 1. The quantitative estimate of drug-likeness (QED) is 0.311. The van der Waals surface area contributed by atoms with Gasteiger partial charge >= 0.3 is 0 Å². The first-order chi connectivity index (χ1) is 13.7. The highest BCUT2D eigenvalue weighted by molar-refractivity contribution is 7.85. The summed E-state index contributed by atoms with van der Waals surface area (Å²) in [4.78, 5) is 11.7. The van der Waals surface area contributed by atoms with Gasteiger partial charge in [-0.3, -0.25) is 9.35 Å². The fourth-order valence-corrected chi connectivity index (χ4v) is 2.93. The second kappa shape index (κ2) is 12.1. The summed E-state index contributed by atoms with van der Waals surface area (Å²) in [6.07, 6.45) is 8.78. The first-order valence-corrected chi connectivity index (χ1v) is 10.9. The molecule has 0 aliphatic rings. The topological polar surface area (TPSA) is 99.7 Å². The van der Waals surface area contributed by atoms with E-state index < -0.39 is 10.1 Å². The third kappa shape index (κ3) is 9.45. The minimum Gasteiger partial charge on any atom is -0.282 e. The molecular weight excluding hydrogens is 390 g/mol. The minimum atomic E-state index is -4.02. The monoisotopic (exact) mass is 420 g/mol. The van der Waals surface area contributed by atoms with Crippen LogP contribution < -0.4 is 9.99 Å². The maximum atomic E-state index is 11.8. The van der Waals surface area contributed by atoms with Crippen molar-refractivity contribution in [3.8, 4) is 0 Å². The van der Waals surface area contributed by atoms with E-state index in [0.29, 0.717) is 11.5 Å². The largest absolute Gasteiger partial charge is 0.294 e. The van der Waals surface area contributed by atoms with Crippen molar-refractivity contribution < 1.29 is 22.3 Å². The van der Waals surface area contributed by atoms with Gasteiger partial charge in [-0.2, -0.15) is 13.5 Å². The second-order valence-corrected chi connectivity index (χ2v) is 8.14. The van der Waals surface area contributed by atoms with E-state index in [1.54, 1.807) is 24.4 Å². The van der Waals surface area contributed by atoms with Crippen LogP contribution in [-0.2, 0) is 17.2 Å². The van der Waals surface area contributed by atoms with Crippen molar-refractivity contribution in [3.05, 3.63) is 59.9 Å². The summed E-state index contributed by atoms with van der Waals surface area (Å²) < 4.78 is 31.4. The van der Waals surface area contributed by atoms with Gasteiger partial charge < -0.3 is 0 Å². The van der Waals surface area contributed by atoms with E-state index in [9.17, 15) is 13.2 Å². The summed E-state index contributed by atoms with van der Waals surface area (Å²) in [5, 5.41) is 4.03. The Bertz CT molecular complexity index is 910. The number of benzene rings is 1. The number of nitrogens with zero attached hydrogens (tertiary/aromatic N) is 2. The summed E-state index contributed by atoms with van der Waals surface area (Å²) in [5.41, 5.74) is 4.13. The van der Waals surface area contributed by atoms with Crippen molar-refractivity contribution in [2.45, 2.75) is 44.9 Å². The number of carbonyl (C=O) groups excluding carboxylic acids is 1. The highest BCUT2D eigenvalue weighted by atomic mass is 32.2. The minimum absolute atomic E-state index is 0.0666. The van der Waals surface area contributed by atoms with Crippen LogP contribution in [0.5, 0.6) is 0 Å². The van der Waals surface area contributed by atoms with Crippen LogP contribution in [0.4, 0.5) is 0 Å². The SMILES string of the molecule is CCCC(/C=N/NC(=O)c1ccc[n+](C)c1)CC.Cc1ccc(S(=O)(=O)O)cc1. The number of nitrogens with one attached hydrogen (secondary N) is 1. The lowest BCUT2D eigenvalue weighted by atomic mass is 10.0. The summed E-state index contributed by atoms with van der Waals surface area (Å²) in [5.74, 6) is 0.274. The molecule has 158 valence electrons. The van der Waals surface area contributed by atoms with E-state index in [1.165, 1.54) is 12.1 Å². The third-order valence-corrected chi connectivity index (χ3v) is 5.02. The molecular formula is C21H30N3O4S+. The van der Waals surface area contributed by atoms with Gasteiger partial charge in [0.15, 0.2) is 12.4 Å². The smallest absolute Gasteiger partial charge is 0.282 e. The zero-order valence-corrected chi connectivity index (χ0v) is 18.2. The Morgan fingerprint density at radius 1 is 1.24 bits per heavy atom. The maximum Gasteiger partial charge on any atom is 0.294 e. The first kappa shape index (κ1) is 24.5. The van der Waals surface area contributed by atoms with Gasteiger partial charge in [0, 0.05) is 12.3 Å². The van der Waals surface area contributed by atoms with Gasteiger partial charge in [0.25, 0.3) is 16.0 Å². The van der Waals surface area contributed by atoms with E-state index in [4.69, 9.17) is 4.55 Å². The molecule has 1 aromatic heterocycles. The number of rotatable bonds is 7. The Hall–Kier alpha value is -2.58. The molecule has 1 unspecified atom stereocenters. The lowest BCUT2D eigenvalue weighted by molar-refractivity contribution is -0.671. The Morgan fingerprint density at radius 2 is 1.90 bits per heavy atom. The third-order valence-electron chi connectivity index (χ3n) is 4.16. The fraction of sp³-hybridized carbons (Fsp3) is 0.381. The molecule has 1 aromatic carbocycles. The molecule has 0 saturated carbocycles. The molecule has 0 aliphatic heterocycles. The lowest BCUT2D eigenvalue weighted by Crippen LogP contribution is -2.29. The van der Waals surface area contributed by atoms with E-state index in [2.05, 4.69) is 24.4 Å². The standard InChI is InChI=1S/C14H21N3O.C7H8O3S/c1-4-7-12(5-2)10-15-16-14(18)13-8-6-9-17(3)11-13;1-6-2-4-7(5-3-6)11(8,9)10/h6,8-12H,4-5,7H2,1-3H3;2-5H,1H3,(H,8,9,10)/p+1/b15-10+;. The van der Waals surface area contributed by atoms with E-state index in [0.717, 1.165) is 24.8 Å². The van der Waals surface area contributed by atoms with Crippen LogP contribution in [0.2, 0.25) is 0 Å². The van der Waals surface area contributed by atoms with Crippen molar-refractivity contribution in [2.75, 3.05) is 0 Å². The van der Waals surface area contributed by atoms with E-state index >= 15 is 0 Å². The van der Waals surface area contributed by atoms with E-state index in [1.807, 2.05) is 37.0 Å². The molecule has 1 atom stereocenters. The molecule has 1 heterocycles. The molecule has 0 radical (unpaired) electrons. The van der Waals surface area contributed by atoms with Crippen LogP contribution >= 0.6 is 0 Å². The number of aromatic nitrogens is 1. The highest BCUT2D eigenvalue weighted by Gasteiger charge is 2.08. The molecule has 7 nitrogen and oxygen atoms in total. The van der Waals surface area contributed by atoms with Gasteiger partial charge in [-0.25, -0.2) is 9.99 Å². The van der Waals surface area contributed by atoms with Gasteiger partial charge in [0.05, 0.1) is 4.90 Å². The molecule has 1 amide bonds. The molecule has 29 heavy (non-hydrogen) atoms. The van der Waals surface area contributed by atoms with Gasteiger partial charge in [0.2, 0.25) is 0 Å². The van der Waals surface area contributed by atoms with Crippen molar-refractivity contribution in [1.29, 1.82) is 0 Å². The molecule has 0 fully saturated rings. The molecule has 0 spiro atoms. The molecule has 0 saturated heterocycles. The zero-order chi connectivity index (χ0) is 21.9. The molecule has 0 bridgehead atoms. The Labute approximate surface area is 173 Å². The number of pyridine rings is 1. The van der Waals surface area contributed by atoms with Crippen LogP contribution in [0.1, 0.15) is 49.0 Å². The Kier molecular flexibility index (Phi) is 10.2. The van der Waals surface area contributed by atoms with Crippen molar-refractivity contribution in [1.82, 2.24) is 5.43 Å². The molecule has 0 aliphatic carbocycles. The number of hydrogen-bond donors (Lipinski definition) is 2. The van der Waals surface area contributed by atoms with Gasteiger partial charge in [-0.05, 0) is 43.9 Å². The fourth-order valence-electron chi connectivity index (χ4n) is 2.45. The van der Waals surface area contributed by atoms with Crippen molar-refractivity contribution in [3.63, 3.8) is 0 Å². The van der Waals surface area contributed by atoms with Crippen LogP contribution in [0.15, 0.2) is 58.8 Å². The molecule has 2 rings (SSSR count). The summed E-state index contributed by atoms with van der Waals surface area (Å²) in [6, 6.07) is 9.60. The van der Waals surface area contributed by atoms with Crippen LogP contribution in [0.25, 0.3) is 0 Å². The van der Waals surface area contributed by atoms with Gasteiger partial charge in [0.1, 0.15) is 12.6 Å². The number of hydrazone groups is 1. The average molecular weight is 421 g/mol. The van der Waals surface area contributed by atoms with Crippen molar-refractivity contribution >= 4 is 22.2 Å². The summed E-state index contributed by atoms with van der Waals surface area (Å²) in [6.45, 7) is 6.12. The maximum absolute atomic E-state index is 11.8. The zero-order valence-electron chi connectivity index (χ0n) is 17.4. The average Bonchev–Trinajstić information content (AvgIpc) is 2.67. The Balaban J connectivity index is 0.000000326. The van der Waals surface area contributed by atoms with Gasteiger partial charge in [-0.15, -0.1) is 0 Å². The molecule has 2 aromatic rings. The van der Waals surface area contributed by atoms with Crippen LogP contribution in [0, 0.1) is 12.8 Å². The molecule has 8 heteroatoms. The predicted molar refractivity (Wildman–Crippen MR) is 113 cm³/mol. The number of carbonyl (C=O) groups is 1. The number of aryl methyl sites for hydroxylation is 2. The number of hydrogen-bond acceptors (Lipinski definition) is 4. The van der Waals surface area contributed by atoms with Crippen molar-refractivity contribution in [2.24, 2.45) is 18.1 Å². The summed E-state index contributed by atoms with van der Waals surface area (Å²) >= 11 is 0. The first-order valence-electron chi connectivity index (χ1n) is 9.50. The van der Waals surface area contributed by atoms with Crippen LogP contribution in [0.3, 0.4) is 0 Å². The Morgan fingerprint density at radius 3 is 2.41 bits per heavy atom. The van der Waals surface area contributed by atoms with E-state index in [-0.39, 0.29) is 10.8 Å². The lowest BCUT2D eigenvalue weighted by Gasteiger charge is -2.06. The second-order valence-electron chi connectivity index (χ2n) is 6.72. The molecule has 2 N–H and O–H groups in total. The highest BCUT2D eigenvalue weighted by Crippen LogP contribution is 2.08. The summed E-state index contributed by atoms with van der Waals surface area (Å²) in [7, 11) is -2.14. The normalized spacial score (nSPS) is 12.2. The van der Waals surface area contributed by atoms with Gasteiger partial charge in [-0.1, -0.05) is 38.0 Å².